The van der Waals surface area contributed by atoms with E-state index in [0.29, 0.717) is 16.3 Å². The SMILES string of the molecule is COC(=O)Cn1c(=NC(=O)c2c(OC)cccc2OC)sc2cc(Br)ccc21. The Morgan fingerprint density at radius 2 is 1.79 bits per heavy atom. The van der Waals surface area contributed by atoms with Crippen LogP contribution in [0.3, 0.4) is 0 Å². The quantitative estimate of drug-likeness (QED) is 0.540. The Hall–Kier alpha value is -2.65. The van der Waals surface area contributed by atoms with Gasteiger partial charge in [-0.2, -0.15) is 4.99 Å². The Morgan fingerprint density at radius 1 is 1.11 bits per heavy atom. The molecule has 1 amide bonds. The van der Waals surface area contributed by atoms with E-state index in [1.807, 2.05) is 18.2 Å². The molecule has 9 heteroatoms. The molecule has 1 aromatic heterocycles. The zero-order valence-electron chi connectivity index (χ0n) is 15.4. The molecule has 146 valence electrons. The zero-order valence-corrected chi connectivity index (χ0v) is 17.8. The molecule has 0 aliphatic heterocycles. The van der Waals surface area contributed by atoms with Gasteiger partial charge in [0.1, 0.15) is 23.6 Å². The van der Waals surface area contributed by atoms with E-state index in [9.17, 15) is 9.59 Å². The number of esters is 1. The van der Waals surface area contributed by atoms with Crippen molar-refractivity contribution < 1.29 is 23.8 Å². The fraction of sp³-hybridized carbons (Fsp3) is 0.211. The van der Waals surface area contributed by atoms with Gasteiger partial charge in [-0.25, -0.2) is 0 Å². The molecular formula is C19H17BrN2O5S. The van der Waals surface area contributed by atoms with Gasteiger partial charge in [0.2, 0.25) is 0 Å². The number of rotatable bonds is 5. The number of hydrogen-bond donors (Lipinski definition) is 0. The fourth-order valence-corrected chi connectivity index (χ4v) is 4.26. The lowest BCUT2D eigenvalue weighted by Gasteiger charge is -2.09. The molecular weight excluding hydrogens is 448 g/mol. The summed E-state index contributed by atoms with van der Waals surface area (Å²) >= 11 is 4.73. The topological polar surface area (TPSA) is 79.1 Å². The van der Waals surface area contributed by atoms with Crippen molar-refractivity contribution in [1.29, 1.82) is 0 Å². The van der Waals surface area contributed by atoms with Crippen LogP contribution in [0.25, 0.3) is 10.2 Å². The van der Waals surface area contributed by atoms with Gasteiger partial charge < -0.3 is 18.8 Å². The van der Waals surface area contributed by atoms with E-state index in [0.717, 1.165) is 14.7 Å². The third kappa shape index (κ3) is 3.95. The molecule has 0 N–H and O–H groups in total. The van der Waals surface area contributed by atoms with Crippen molar-refractivity contribution in [3.8, 4) is 11.5 Å². The van der Waals surface area contributed by atoms with E-state index in [-0.39, 0.29) is 12.1 Å². The Labute approximate surface area is 173 Å². The van der Waals surface area contributed by atoms with E-state index >= 15 is 0 Å². The molecule has 0 atom stereocenters. The molecule has 3 aromatic rings. The molecule has 7 nitrogen and oxygen atoms in total. The molecule has 0 bridgehead atoms. The van der Waals surface area contributed by atoms with Crippen LogP contribution in [0.1, 0.15) is 10.4 Å². The van der Waals surface area contributed by atoms with Gasteiger partial charge in [-0.05, 0) is 30.3 Å². The molecule has 0 aliphatic rings. The summed E-state index contributed by atoms with van der Waals surface area (Å²) in [6.07, 6.45) is 0. The Morgan fingerprint density at radius 3 is 2.39 bits per heavy atom. The van der Waals surface area contributed by atoms with E-state index < -0.39 is 11.9 Å². The van der Waals surface area contributed by atoms with Gasteiger partial charge in [0, 0.05) is 4.47 Å². The molecule has 3 rings (SSSR count). The largest absolute Gasteiger partial charge is 0.496 e. The van der Waals surface area contributed by atoms with Gasteiger partial charge in [-0.3, -0.25) is 9.59 Å². The number of aromatic nitrogens is 1. The molecule has 1 heterocycles. The lowest BCUT2D eigenvalue weighted by atomic mass is 10.1. The zero-order chi connectivity index (χ0) is 20.3. The second-order valence-electron chi connectivity index (χ2n) is 5.61. The first kappa shape index (κ1) is 20.1. The molecule has 0 unspecified atom stereocenters. The van der Waals surface area contributed by atoms with Crippen LogP contribution in [-0.4, -0.2) is 37.8 Å². The average molecular weight is 465 g/mol. The van der Waals surface area contributed by atoms with Crippen molar-refractivity contribution in [2.75, 3.05) is 21.3 Å². The minimum atomic E-state index is -0.529. The van der Waals surface area contributed by atoms with Crippen molar-refractivity contribution in [2.45, 2.75) is 6.54 Å². The number of amides is 1. The number of carbonyl (C=O) groups is 2. The number of nitrogens with zero attached hydrogens (tertiary/aromatic N) is 2. The van der Waals surface area contributed by atoms with Crippen molar-refractivity contribution in [1.82, 2.24) is 4.57 Å². The lowest BCUT2D eigenvalue weighted by Crippen LogP contribution is -2.22. The number of halogens is 1. The molecule has 0 fully saturated rings. The number of thiazole rings is 1. The highest BCUT2D eigenvalue weighted by Crippen LogP contribution is 2.29. The van der Waals surface area contributed by atoms with E-state index in [1.165, 1.54) is 32.7 Å². The first-order chi connectivity index (χ1) is 13.5. The van der Waals surface area contributed by atoms with Crippen molar-refractivity contribution in [3.63, 3.8) is 0 Å². The summed E-state index contributed by atoms with van der Waals surface area (Å²) in [5, 5.41) is 0. The van der Waals surface area contributed by atoms with Crippen LogP contribution in [0.15, 0.2) is 45.9 Å². The predicted octanol–water partition coefficient (Wildman–Crippen LogP) is 3.40. The minimum Gasteiger partial charge on any atom is -0.496 e. The molecule has 0 radical (unpaired) electrons. The summed E-state index contributed by atoms with van der Waals surface area (Å²) in [5.41, 5.74) is 0.993. The Kier molecular flexibility index (Phi) is 6.15. The lowest BCUT2D eigenvalue weighted by molar-refractivity contribution is -0.141. The number of ether oxygens (including phenoxy) is 3. The normalized spacial score (nSPS) is 11.5. The van der Waals surface area contributed by atoms with Crippen molar-refractivity contribution >= 4 is 49.4 Å². The van der Waals surface area contributed by atoms with Crippen LogP contribution in [0.4, 0.5) is 0 Å². The molecule has 0 spiro atoms. The van der Waals surface area contributed by atoms with Crippen molar-refractivity contribution in [3.05, 3.63) is 51.2 Å². The van der Waals surface area contributed by atoms with Gasteiger partial charge in [0.05, 0.1) is 31.5 Å². The predicted molar refractivity (Wildman–Crippen MR) is 109 cm³/mol. The van der Waals surface area contributed by atoms with Gasteiger partial charge in [-0.1, -0.05) is 33.3 Å². The fourth-order valence-electron chi connectivity index (χ4n) is 2.68. The maximum Gasteiger partial charge on any atom is 0.325 e. The number of methoxy groups -OCH3 is 3. The molecule has 2 aromatic carbocycles. The van der Waals surface area contributed by atoms with Gasteiger partial charge in [0.15, 0.2) is 4.80 Å². The second-order valence-corrected chi connectivity index (χ2v) is 7.54. The molecule has 28 heavy (non-hydrogen) atoms. The molecule has 0 saturated heterocycles. The highest BCUT2D eigenvalue weighted by atomic mass is 79.9. The first-order valence-corrected chi connectivity index (χ1v) is 9.75. The van der Waals surface area contributed by atoms with Crippen LogP contribution < -0.4 is 14.3 Å². The summed E-state index contributed by atoms with van der Waals surface area (Å²) in [6, 6.07) is 10.7. The van der Waals surface area contributed by atoms with Crippen LogP contribution in [0.2, 0.25) is 0 Å². The maximum atomic E-state index is 13.0. The van der Waals surface area contributed by atoms with Crippen molar-refractivity contribution in [2.24, 2.45) is 4.99 Å². The summed E-state index contributed by atoms with van der Waals surface area (Å²) < 4.78 is 18.8. The minimum absolute atomic E-state index is 0.0622. The highest BCUT2D eigenvalue weighted by molar-refractivity contribution is 9.10. The van der Waals surface area contributed by atoms with Crippen LogP contribution >= 0.6 is 27.3 Å². The number of fused-ring (bicyclic) bond motifs is 1. The molecule has 0 aliphatic carbocycles. The Bertz CT molecular complexity index is 1100. The van der Waals surface area contributed by atoms with Gasteiger partial charge in [-0.15, -0.1) is 0 Å². The highest BCUT2D eigenvalue weighted by Gasteiger charge is 2.19. The first-order valence-electron chi connectivity index (χ1n) is 8.14. The second kappa shape index (κ2) is 8.57. The standard InChI is InChI=1S/C19H17BrN2O5S/c1-25-13-5-4-6-14(26-2)17(13)18(24)21-19-22(10-16(23)27-3)12-8-7-11(20)9-15(12)28-19/h4-9H,10H2,1-3H3. The van der Waals surface area contributed by atoms with Crippen LogP contribution in [-0.2, 0) is 16.1 Å². The Balaban J connectivity index is 2.20. The maximum absolute atomic E-state index is 13.0. The summed E-state index contributed by atoms with van der Waals surface area (Å²) in [6.45, 7) is -0.0622. The molecule has 0 saturated carbocycles. The summed E-state index contributed by atoms with van der Waals surface area (Å²) in [5.74, 6) is -0.252. The van der Waals surface area contributed by atoms with Gasteiger partial charge in [0.25, 0.3) is 5.91 Å². The van der Waals surface area contributed by atoms with E-state index in [4.69, 9.17) is 14.2 Å². The monoisotopic (exact) mass is 464 g/mol. The number of carbonyl (C=O) groups excluding carboxylic acids is 2. The summed E-state index contributed by atoms with van der Waals surface area (Å²) in [4.78, 5) is 29.5. The third-order valence-electron chi connectivity index (χ3n) is 4.00. The van der Waals surface area contributed by atoms with Gasteiger partial charge >= 0.3 is 5.97 Å². The van der Waals surface area contributed by atoms with Crippen LogP contribution in [0, 0.1) is 0 Å². The smallest absolute Gasteiger partial charge is 0.325 e. The summed E-state index contributed by atoms with van der Waals surface area (Å²) in [7, 11) is 4.26. The average Bonchev–Trinajstić information content (AvgIpc) is 3.02. The van der Waals surface area contributed by atoms with E-state index in [2.05, 4.69) is 20.9 Å². The number of benzene rings is 2. The third-order valence-corrected chi connectivity index (χ3v) is 5.53. The number of hydrogen-bond acceptors (Lipinski definition) is 6. The van der Waals surface area contributed by atoms with Crippen LogP contribution in [0.5, 0.6) is 11.5 Å². The van der Waals surface area contributed by atoms with E-state index in [1.54, 1.807) is 22.8 Å².